The van der Waals surface area contributed by atoms with Gasteiger partial charge in [-0.1, -0.05) is 25.7 Å². The summed E-state index contributed by atoms with van der Waals surface area (Å²) in [6.45, 7) is 0. The highest BCUT2D eigenvalue weighted by Gasteiger charge is 2.39. The van der Waals surface area contributed by atoms with Crippen LogP contribution in [0.5, 0.6) is 0 Å². The highest BCUT2D eigenvalue weighted by Crippen LogP contribution is 2.38. The second-order valence-corrected chi connectivity index (χ2v) is 3.02. The molecule has 0 aromatic carbocycles. The van der Waals surface area contributed by atoms with Crippen molar-refractivity contribution >= 4 is 0 Å². The van der Waals surface area contributed by atoms with E-state index in [9.17, 15) is 13.2 Å². The summed E-state index contributed by atoms with van der Waals surface area (Å²) in [4.78, 5) is 0. The minimum absolute atomic E-state index is 0.199. The van der Waals surface area contributed by atoms with E-state index in [1.807, 2.05) is 0 Å². The van der Waals surface area contributed by atoms with Crippen molar-refractivity contribution in [3.05, 3.63) is 5.92 Å². The summed E-state index contributed by atoms with van der Waals surface area (Å²) in [6.07, 6.45) is -0.139. The van der Waals surface area contributed by atoms with E-state index in [4.69, 9.17) is 0 Å². The average Bonchev–Trinajstić information content (AvgIpc) is 2.10. The Morgan fingerprint density at radius 1 is 0.818 bits per heavy atom. The Kier molecular flexibility index (Phi) is 2.79. The van der Waals surface area contributed by atoms with Crippen molar-refractivity contribution in [2.45, 2.75) is 44.7 Å². The molecule has 0 atom stereocenters. The maximum Gasteiger partial charge on any atom is 0.395 e. The molecule has 0 spiro atoms. The molecule has 1 aliphatic rings. The van der Waals surface area contributed by atoms with Crippen LogP contribution in [0.1, 0.15) is 38.5 Å². The van der Waals surface area contributed by atoms with Crippen molar-refractivity contribution in [1.82, 2.24) is 0 Å². The molecule has 0 aromatic rings. The summed E-state index contributed by atoms with van der Waals surface area (Å²) in [5.74, 6) is -0.199. The van der Waals surface area contributed by atoms with Crippen molar-refractivity contribution in [1.29, 1.82) is 0 Å². The van der Waals surface area contributed by atoms with E-state index in [2.05, 4.69) is 0 Å². The Morgan fingerprint density at radius 3 is 1.64 bits per heavy atom. The lowest BCUT2D eigenvalue weighted by atomic mass is 10.0. The van der Waals surface area contributed by atoms with Crippen LogP contribution in [0, 0.1) is 5.92 Å². The van der Waals surface area contributed by atoms with Crippen LogP contribution in [0.15, 0.2) is 0 Å². The molecule has 0 bridgehead atoms. The van der Waals surface area contributed by atoms with Crippen LogP contribution in [0.2, 0.25) is 0 Å². The summed E-state index contributed by atoms with van der Waals surface area (Å²) >= 11 is 0. The Balaban J connectivity index is 2.43. The second kappa shape index (κ2) is 3.46. The van der Waals surface area contributed by atoms with E-state index in [0.717, 1.165) is 25.7 Å². The Hall–Kier alpha value is -0.210. The third-order valence-corrected chi connectivity index (χ3v) is 2.11. The fraction of sp³-hybridized carbons (Fsp3) is 0.875. The van der Waals surface area contributed by atoms with Crippen LogP contribution in [-0.2, 0) is 0 Å². The predicted octanol–water partition coefficient (Wildman–Crippen LogP) is 3.48. The Bertz CT molecular complexity index is 109. The number of alkyl halides is 3. The third kappa shape index (κ3) is 2.72. The van der Waals surface area contributed by atoms with E-state index in [0.29, 0.717) is 0 Å². The van der Waals surface area contributed by atoms with Gasteiger partial charge in [-0.05, 0) is 12.8 Å². The molecule has 0 aliphatic heterocycles. The van der Waals surface area contributed by atoms with Crippen molar-refractivity contribution in [2.75, 3.05) is 0 Å². The molecule has 1 fully saturated rings. The standard InChI is InChI=1S/C8H12F3/c9-8(10,11)7-5-3-1-2-4-6-7/h1-6H2. The SMILES string of the molecule is FC(F)(F)[C]1CCCCCC1. The van der Waals surface area contributed by atoms with Crippen molar-refractivity contribution in [3.8, 4) is 0 Å². The normalized spacial score (nSPS) is 23.2. The molecule has 0 unspecified atom stereocenters. The van der Waals surface area contributed by atoms with Gasteiger partial charge in [0.1, 0.15) is 0 Å². The Morgan fingerprint density at radius 2 is 1.27 bits per heavy atom. The number of rotatable bonds is 0. The molecule has 0 amide bonds. The minimum Gasteiger partial charge on any atom is -0.170 e. The first-order valence-corrected chi connectivity index (χ1v) is 4.02. The zero-order valence-corrected chi connectivity index (χ0v) is 6.38. The van der Waals surface area contributed by atoms with Gasteiger partial charge in [0.05, 0.1) is 5.92 Å². The van der Waals surface area contributed by atoms with Gasteiger partial charge in [0.25, 0.3) is 0 Å². The van der Waals surface area contributed by atoms with Gasteiger partial charge in [0.15, 0.2) is 0 Å². The maximum atomic E-state index is 12.1. The number of hydrogen-bond acceptors (Lipinski definition) is 0. The third-order valence-electron chi connectivity index (χ3n) is 2.11. The summed E-state index contributed by atoms with van der Waals surface area (Å²) in [5.41, 5.74) is 0. The minimum atomic E-state index is -4.02. The van der Waals surface area contributed by atoms with E-state index in [1.165, 1.54) is 0 Å². The lowest BCUT2D eigenvalue weighted by Crippen LogP contribution is -2.19. The quantitative estimate of drug-likeness (QED) is 0.482. The maximum absolute atomic E-state index is 12.1. The molecule has 1 saturated carbocycles. The van der Waals surface area contributed by atoms with Crippen molar-refractivity contribution in [2.24, 2.45) is 0 Å². The van der Waals surface area contributed by atoms with Crippen LogP contribution in [0.3, 0.4) is 0 Å². The van der Waals surface area contributed by atoms with Crippen LogP contribution >= 0.6 is 0 Å². The first-order valence-electron chi connectivity index (χ1n) is 4.02. The number of halogens is 3. The van der Waals surface area contributed by atoms with Crippen LogP contribution < -0.4 is 0 Å². The summed E-state index contributed by atoms with van der Waals surface area (Å²) in [5, 5.41) is 0. The first kappa shape index (κ1) is 8.88. The Labute approximate surface area is 64.8 Å². The van der Waals surface area contributed by atoms with Gasteiger partial charge in [0, 0.05) is 0 Å². The molecule has 0 saturated heterocycles. The molecular weight excluding hydrogens is 153 g/mol. The van der Waals surface area contributed by atoms with Crippen LogP contribution in [-0.4, -0.2) is 6.18 Å². The summed E-state index contributed by atoms with van der Waals surface area (Å²) < 4.78 is 36.3. The van der Waals surface area contributed by atoms with E-state index in [1.54, 1.807) is 0 Å². The largest absolute Gasteiger partial charge is 0.395 e. The molecule has 0 nitrogen and oxygen atoms in total. The molecule has 1 rings (SSSR count). The lowest BCUT2D eigenvalue weighted by Gasteiger charge is -2.16. The molecule has 0 N–H and O–H groups in total. The van der Waals surface area contributed by atoms with Crippen molar-refractivity contribution < 1.29 is 13.2 Å². The smallest absolute Gasteiger partial charge is 0.170 e. The molecule has 1 radical (unpaired) electrons. The van der Waals surface area contributed by atoms with Gasteiger partial charge < -0.3 is 0 Å². The van der Waals surface area contributed by atoms with E-state index < -0.39 is 6.18 Å². The van der Waals surface area contributed by atoms with Gasteiger partial charge in [-0.25, -0.2) is 0 Å². The van der Waals surface area contributed by atoms with Gasteiger partial charge in [-0.3, -0.25) is 0 Å². The highest BCUT2D eigenvalue weighted by molar-refractivity contribution is 4.98. The van der Waals surface area contributed by atoms with Gasteiger partial charge >= 0.3 is 6.18 Å². The van der Waals surface area contributed by atoms with Crippen LogP contribution in [0.4, 0.5) is 13.2 Å². The highest BCUT2D eigenvalue weighted by atomic mass is 19.4. The predicted molar refractivity (Wildman–Crippen MR) is 37.0 cm³/mol. The average molecular weight is 165 g/mol. The fourth-order valence-electron chi connectivity index (χ4n) is 1.44. The topological polar surface area (TPSA) is 0 Å². The molecular formula is C8H12F3. The molecule has 3 heteroatoms. The first-order chi connectivity index (χ1) is 5.11. The fourth-order valence-corrected chi connectivity index (χ4v) is 1.44. The molecule has 1 aliphatic carbocycles. The van der Waals surface area contributed by atoms with Gasteiger partial charge in [-0.2, -0.15) is 13.2 Å². The second-order valence-electron chi connectivity index (χ2n) is 3.02. The molecule has 0 aromatic heterocycles. The zero-order valence-electron chi connectivity index (χ0n) is 6.38. The monoisotopic (exact) mass is 165 g/mol. The molecule has 0 heterocycles. The van der Waals surface area contributed by atoms with E-state index in [-0.39, 0.29) is 18.8 Å². The van der Waals surface area contributed by atoms with E-state index >= 15 is 0 Å². The molecule has 65 valence electrons. The van der Waals surface area contributed by atoms with Crippen molar-refractivity contribution in [3.63, 3.8) is 0 Å². The van der Waals surface area contributed by atoms with Crippen LogP contribution in [0.25, 0.3) is 0 Å². The van der Waals surface area contributed by atoms with Gasteiger partial charge in [0.2, 0.25) is 0 Å². The zero-order chi connectivity index (χ0) is 8.32. The summed E-state index contributed by atoms with van der Waals surface area (Å²) in [6, 6.07) is 0. The van der Waals surface area contributed by atoms with Gasteiger partial charge in [-0.15, -0.1) is 0 Å². The molecule has 11 heavy (non-hydrogen) atoms. The summed E-state index contributed by atoms with van der Waals surface area (Å²) in [7, 11) is 0. The lowest BCUT2D eigenvalue weighted by molar-refractivity contribution is -0.118. The number of hydrogen-bond donors (Lipinski definition) is 0.